The van der Waals surface area contributed by atoms with Gasteiger partial charge in [0.1, 0.15) is 0 Å². The van der Waals surface area contributed by atoms with Crippen molar-refractivity contribution in [3.8, 4) is 343 Å². The van der Waals surface area contributed by atoms with E-state index in [4.69, 9.17) is 12.6 Å². The highest BCUT2D eigenvalue weighted by Gasteiger charge is 2.90. The van der Waals surface area contributed by atoms with Crippen LogP contribution in [-0.2, 0) is 33.2 Å². The first-order valence-electron chi connectivity index (χ1n) is 36.4. The average Bonchev–Trinajstić information content (AvgIpc) is 1.39. The molecule has 0 amide bonds. The smallest absolute Gasteiger partial charge is 0.305 e. The second-order valence-corrected chi connectivity index (χ2v) is 27.9. The molecule has 0 saturated heterocycles. The Bertz CT molecular complexity index is 8540. The van der Waals surface area contributed by atoms with Crippen LogP contribution in [0.3, 0.4) is 0 Å². The summed E-state index contributed by atoms with van der Waals surface area (Å²) in [4.78, 5) is 12.8. The normalized spacial score (nSPS) is 16.4. The Labute approximate surface area is 684 Å². The Hall–Kier alpha value is -18.0. The van der Waals surface area contributed by atoms with Gasteiger partial charge in [-0.05, 0) is 281 Å². The molecule has 0 N–H and O–H groups in total. The number of carbonyl (C=O) groups excluding carboxylic acids is 1. The minimum absolute atomic E-state index is 0.0928. The van der Waals surface area contributed by atoms with Crippen LogP contribution >= 0.6 is 9.24 Å². The molecule has 1 spiro atoms. The molecule has 1 saturated carbocycles. The molecule has 0 bridgehead atoms. The third kappa shape index (κ3) is 12.1. The van der Waals surface area contributed by atoms with Gasteiger partial charge in [-0.15, -0.1) is 0 Å². The molecule has 508 valence electrons. The van der Waals surface area contributed by atoms with Gasteiger partial charge in [0, 0.05) is 277 Å². The van der Waals surface area contributed by atoms with E-state index < -0.39 is 0 Å². The van der Waals surface area contributed by atoms with E-state index >= 15 is 0 Å². The van der Waals surface area contributed by atoms with E-state index in [0.29, 0.717) is 23.6 Å². The highest BCUT2D eigenvalue weighted by atomic mass is 31.0. The van der Waals surface area contributed by atoms with Crippen molar-refractivity contribution < 1.29 is 9.53 Å². The maximum Gasteiger partial charge on any atom is 0.305 e. The number of benzene rings is 7. The van der Waals surface area contributed by atoms with Gasteiger partial charge in [0.25, 0.3) is 0 Å². The molecule has 2 radical (unpaired) electrons. The van der Waals surface area contributed by atoms with E-state index in [1.54, 1.807) is 151 Å². The van der Waals surface area contributed by atoms with Gasteiger partial charge in [0.05, 0.1) is 15.0 Å². The molecule has 1 fully saturated rings. The molecule has 7 unspecified atom stereocenters. The van der Waals surface area contributed by atoms with Crippen LogP contribution in [0.5, 0.6) is 0 Å². The van der Waals surface area contributed by atoms with Crippen molar-refractivity contribution in [3.63, 3.8) is 0 Å². The Morgan fingerprint density at radius 1 is 0.427 bits per heavy atom. The number of methoxy groups -OCH3 is 1. The molecule has 8 aromatic rings. The van der Waals surface area contributed by atoms with Gasteiger partial charge < -0.3 is 4.74 Å². The van der Waals surface area contributed by atoms with Crippen LogP contribution in [0.4, 0.5) is 0 Å². The summed E-state index contributed by atoms with van der Waals surface area (Å²) in [6, 6.07) is 16.9. The fraction of sp³-hybridized carbons (Fsp3) is 0.124. The zero-order chi connectivity index (χ0) is 79.7. The molecule has 0 heterocycles. The van der Waals surface area contributed by atoms with Gasteiger partial charge >= 0.3 is 5.97 Å². The van der Waals surface area contributed by atoms with Crippen molar-refractivity contribution in [2.45, 2.75) is 68.0 Å². The topological polar surface area (TPSA) is 26.3 Å². The van der Waals surface area contributed by atoms with E-state index in [9.17, 15) is 4.79 Å². The van der Waals surface area contributed by atoms with E-state index in [1.165, 1.54) is 10.9 Å². The lowest BCUT2D eigenvalue weighted by Crippen LogP contribution is -2.27. The first-order chi connectivity index (χ1) is 57.8. The lowest BCUT2D eigenvalue weighted by molar-refractivity contribution is -0.140. The quantitative estimate of drug-likeness (QED) is 0.0564. The van der Waals surface area contributed by atoms with Crippen LogP contribution in [-0.4, -0.2) is 20.9 Å². The highest BCUT2D eigenvalue weighted by Crippen LogP contribution is 2.93. The second kappa shape index (κ2) is 31.2. The van der Waals surface area contributed by atoms with Gasteiger partial charge in [0.2, 0.25) is 0 Å². The zero-order valence-electron chi connectivity index (χ0n) is 62.0. The maximum atomic E-state index is 12.8. The number of ether oxygens (including phenoxy) is 1. The summed E-state index contributed by atoms with van der Waals surface area (Å²) in [5, 5.41) is 19.9. The van der Waals surface area contributed by atoms with Crippen molar-refractivity contribution in [3.05, 3.63) is 140 Å². The summed E-state index contributed by atoms with van der Waals surface area (Å²) < 4.78 is 5.27. The number of allylic oxidation sites excluding steroid dienone is 9. The molecule has 4 heteroatoms. The fourth-order valence-corrected chi connectivity index (χ4v) is 18.8. The fourth-order valence-electron chi connectivity index (χ4n) is 18.7. The summed E-state index contributed by atoms with van der Waals surface area (Å²) in [7, 11) is 9.36. The van der Waals surface area contributed by atoms with Crippen LogP contribution in [0.1, 0.15) is 99.7 Å². The molecule has 0 aromatic heterocycles. The SMILES string of the molecule is COC(=O)CCCC1(c2ccccc2)C23C=C4CC5=CC6C=C7Cc8cc9cc%10c%11c(c%12c%13c%14c(c4c5c4c%14c5c(c7c8c7c9c%11c%13c57)C46)C%1221)C(=C3)C%10.[B]C(C)C#CC#CC#CC#CC#CC#CC#CC#CC#CC#CC#CC#CC#CC#CC#CC#CC#CC#CC#CC#CC#CC#CC#CC#CC#CC#CC#CC#CC#CC(=C)P. The average molecular weight is 1470 g/mol. The Kier molecular flexibility index (Phi) is 19.2. The molecule has 7 atom stereocenters. The largest absolute Gasteiger partial charge is 0.469 e. The molecule has 10 aliphatic rings. The summed E-state index contributed by atoms with van der Waals surface area (Å²) in [6.07, 6.45) is 16.5. The molecule has 117 heavy (non-hydrogen) atoms. The molecular formula is C113H36BO2P. The minimum Gasteiger partial charge on any atom is -0.469 e. The maximum absolute atomic E-state index is 12.8. The number of rotatable bonds is 5. The van der Waals surface area contributed by atoms with Crippen molar-refractivity contribution in [1.82, 2.24) is 0 Å². The van der Waals surface area contributed by atoms with Crippen LogP contribution in [0.25, 0.3) is 86.9 Å². The van der Waals surface area contributed by atoms with Crippen LogP contribution in [0.2, 0.25) is 5.82 Å². The third-order valence-corrected chi connectivity index (χ3v) is 21.6. The highest BCUT2D eigenvalue weighted by molar-refractivity contribution is 7.23. The lowest BCUT2D eigenvalue weighted by atomic mass is 9.67. The monoisotopic (exact) mass is 1470 g/mol. The van der Waals surface area contributed by atoms with Gasteiger partial charge in [-0.2, -0.15) is 0 Å². The predicted octanol–water partition coefficient (Wildman–Crippen LogP) is 12.4. The molecule has 10 aliphatic carbocycles. The number of esters is 1. The molecule has 2 nitrogen and oxygen atoms in total. The van der Waals surface area contributed by atoms with Gasteiger partial charge in [0.15, 0.2) is 0 Å². The number of hydrogen-bond donors (Lipinski definition) is 0. The first-order valence-corrected chi connectivity index (χ1v) is 36.9. The molecule has 0 aliphatic heterocycles. The van der Waals surface area contributed by atoms with Crippen molar-refractivity contribution in [1.29, 1.82) is 0 Å². The minimum atomic E-state index is -0.234. The molecule has 8 aromatic carbocycles. The Morgan fingerprint density at radius 2 is 0.778 bits per heavy atom. The summed E-state index contributed by atoms with van der Waals surface area (Å²) in [6.45, 7) is 5.35. The van der Waals surface area contributed by atoms with Crippen LogP contribution in [0, 0.1) is 355 Å². The van der Waals surface area contributed by atoms with Crippen molar-refractivity contribution in [2.24, 2.45) is 11.3 Å². The van der Waals surface area contributed by atoms with E-state index in [0.717, 1.165) is 32.1 Å². The van der Waals surface area contributed by atoms with Crippen LogP contribution < -0.4 is 0 Å². The van der Waals surface area contributed by atoms with Gasteiger partial charge in [-0.1, -0.05) is 101 Å². The predicted molar refractivity (Wildman–Crippen MR) is 471 cm³/mol. The van der Waals surface area contributed by atoms with E-state index in [-0.39, 0.29) is 28.0 Å². The Balaban J connectivity index is 0.000000169. The van der Waals surface area contributed by atoms with Crippen molar-refractivity contribution in [2.75, 3.05) is 7.11 Å². The molecule has 18 rings (SSSR count). The standard InChI is InChI=1S/C62H8BP.C51H28O2/c1-61(63)59-57-55-53-51-49-47-45-43-41-39-37-35-33-31-29-27-25-23-21-19-17-15-13-11-9-7-5-3-4-6-8-10-12-14-16-18-20-22-24-26-28-30-32-34-36-38-40-42-44-46-48-50-52-54-56-58-60-62(2)64;1-53-28(52)8-5-9-50(27-6-3-2-4-7-27)49-17-25-15-23-13-21-11-19-10-20-12-22-14-24-16-26(18-49)36-32(24)40-34(22)38-30(20)29(19)37-33(21)39-31(23)35(25)47-45-43(39)41(37)42(38)44(40)46(45)48(36)51(47,49)50/h61H,2,64H2,1H3;2-4,6-7,11-14,17-18,21,33H,5,8-10,15-16H2,1H3. The van der Waals surface area contributed by atoms with Gasteiger partial charge in [-0.25, -0.2) is 0 Å². The number of hydrogen-bond acceptors (Lipinski definition) is 2. The number of carbonyl (C=O) groups is 1. The van der Waals surface area contributed by atoms with Crippen molar-refractivity contribution >= 4 is 110 Å². The first kappa shape index (κ1) is 71.9. The summed E-state index contributed by atoms with van der Waals surface area (Å²) in [5.41, 5.74) is 23.6. The zero-order valence-corrected chi connectivity index (χ0v) is 63.2. The lowest BCUT2D eigenvalue weighted by Gasteiger charge is -2.35. The molecular weight excluding hydrogens is 1430 g/mol. The third-order valence-electron chi connectivity index (χ3n) is 21.5. The summed E-state index contributed by atoms with van der Waals surface area (Å²) in [5.74, 6) is 146. The summed E-state index contributed by atoms with van der Waals surface area (Å²) >= 11 is 0. The van der Waals surface area contributed by atoms with E-state index in [2.05, 4.69) is 426 Å². The van der Waals surface area contributed by atoms with E-state index in [1.807, 2.05) is 0 Å². The Morgan fingerprint density at radius 3 is 1.21 bits per heavy atom. The second-order valence-electron chi connectivity index (χ2n) is 27.2. The van der Waals surface area contributed by atoms with Crippen LogP contribution in [0.15, 0.2) is 78.7 Å². The van der Waals surface area contributed by atoms with Gasteiger partial charge in [-0.3, -0.25) is 4.79 Å².